The average Bonchev–Trinajstić information content (AvgIpc) is 2.87. The molecule has 112 valence electrons. The zero-order valence-electron chi connectivity index (χ0n) is 12.5. The molecule has 21 heavy (non-hydrogen) atoms. The Kier molecular flexibility index (Phi) is 5.38. The Morgan fingerprint density at radius 1 is 1.33 bits per heavy atom. The quantitative estimate of drug-likeness (QED) is 0.680. The molecule has 0 unspecified atom stereocenters. The van der Waals surface area contributed by atoms with E-state index in [2.05, 4.69) is 48.4 Å². The third-order valence-corrected chi connectivity index (χ3v) is 3.64. The van der Waals surface area contributed by atoms with Crippen molar-refractivity contribution in [2.45, 2.75) is 13.1 Å². The van der Waals surface area contributed by atoms with E-state index < -0.39 is 0 Å². The molecule has 0 radical (unpaired) electrons. The van der Waals surface area contributed by atoms with E-state index in [1.165, 1.54) is 5.56 Å². The maximum absolute atomic E-state index is 4.32. The first-order chi connectivity index (χ1) is 10.1. The second-order valence-electron chi connectivity index (χ2n) is 4.91. The highest BCUT2D eigenvalue weighted by Gasteiger charge is 2.07. The van der Waals surface area contributed by atoms with Gasteiger partial charge in [0, 0.05) is 50.5 Å². The molecule has 0 saturated carbocycles. The fourth-order valence-electron chi connectivity index (χ4n) is 2.07. The van der Waals surface area contributed by atoms with Crippen LogP contribution >= 0.6 is 15.9 Å². The molecule has 0 atom stereocenters. The highest BCUT2D eigenvalue weighted by Crippen LogP contribution is 2.10. The molecule has 1 aromatic heterocycles. The predicted molar refractivity (Wildman–Crippen MR) is 89.0 cm³/mol. The lowest BCUT2D eigenvalue weighted by atomic mass is 10.2. The zero-order valence-corrected chi connectivity index (χ0v) is 14.1. The molecule has 1 heterocycles. The Morgan fingerprint density at radius 2 is 2.05 bits per heavy atom. The van der Waals surface area contributed by atoms with Crippen LogP contribution in [0.1, 0.15) is 11.1 Å². The van der Waals surface area contributed by atoms with Crippen molar-refractivity contribution in [3.8, 4) is 0 Å². The summed E-state index contributed by atoms with van der Waals surface area (Å²) in [6.07, 6.45) is 3.89. The number of halogens is 1. The van der Waals surface area contributed by atoms with Crippen LogP contribution in [-0.4, -0.2) is 34.7 Å². The van der Waals surface area contributed by atoms with Crippen LogP contribution < -0.4 is 5.32 Å². The van der Waals surface area contributed by atoms with Crippen LogP contribution in [0.25, 0.3) is 0 Å². The van der Waals surface area contributed by atoms with Crippen molar-refractivity contribution in [2.24, 2.45) is 12.0 Å². The maximum Gasteiger partial charge on any atom is 0.193 e. The summed E-state index contributed by atoms with van der Waals surface area (Å²) in [4.78, 5) is 6.40. The summed E-state index contributed by atoms with van der Waals surface area (Å²) >= 11 is 3.44. The fourth-order valence-corrected chi connectivity index (χ4v) is 2.33. The molecule has 2 rings (SSSR count). The van der Waals surface area contributed by atoms with Crippen molar-refractivity contribution in [2.75, 3.05) is 14.1 Å². The topological polar surface area (TPSA) is 45.5 Å². The van der Waals surface area contributed by atoms with Gasteiger partial charge in [-0.15, -0.1) is 0 Å². The maximum atomic E-state index is 4.32. The van der Waals surface area contributed by atoms with E-state index >= 15 is 0 Å². The molecule has 0 aliphatic rings. The zero-order chi connectivity index (χ0) is 15.2. The van der Waals surface area contributed by atoms with Gasteiger partial charge < -0.3 is 10.2 Å². The molecule has 0 aliphatic carbocycles. The molecular weight excluding hydrogens is 330 g/mol. The number of nitrogens with one attached hydrogen (secondary N) is 1. The van der Waals surface area contributed by atoms with E-state index in [1.54, 1.807) is 11.7 Å². The summed E-state index contributed by atoms with van der Waals surface area (Å²) in [7, 11) is 5.73. The van der Waals surface area contributed by atoms with Crippen molar-refractivity contribution >= 4 is 21.9 Å². The molecule has 2 aromatic rings. The second-order valence-corrected chi connectivity index (χ2v) is 5.82. The minimum atomic E-state index is 0.747. The number of aliphatic imine (C=N–C) groups is 1. The van der Waals surface area contributed by atoms with Crippen LogP contribution in [0.4, 0.5) is 0 Å². The number of hydrogen-bond donors (Lipinski definition) is 1. The third-order valence-electron chi connectivity index (χ3n) is 3.12. The standard InChI is InChI=1S/C15H20BrN5/c1-17-15(18-8-12-4-6-14(16)7-5-12)20(2)10-13-9-19-21(3)11-13/h4-7,9,11H,8,10H2,1-3H3,(H,17,18). The van der Waals surface area contributed by atoms with Gasteiger partial charge in [0.05, 0.1) is 6.20 Å². The third kappa shape index (κ3) is 4.60. The van der Waals surface area contributed by atoms with Gasteiger partial charge in [0.25, 0.3) is 0 Å². The van der Waals surface area contributed by atoms with Gasteiger partial charge in [0.15, 0.2) is 5.96 Å². The van der Waals surface area contributed by atoms with Gasteiger partial charge in [0.1, 0.15) is 0 Å². The molecule has 5 nitrogen and oxygen atoms in total. The lowest BCUT2D eigenvalue weighted by Crippen LogP contribution is -2.37. The van der Waals surface area contributed by atoms with Crippen LogP contribution in [0.5, 0.6) is 0 Å². The van der Waals surface area contributed by atoms with E-state index in [1.807, 2.05) is 38.6 Å². The van der Waals surface area contributed by atoms with Crippen molar-refractivity contribution in [3.05, 3.63) is 52.3 Å². The van der Waals surface area contributed by atoms with Crippen LogP contribution in [0.15, 0.2) is 46.1 Å². The summed E-state index contributed by atoms with van der Waals surface area (Å²) in [5, 5.41) is 7.55. The number of rotatable bonds is 4. The smallest absolute Gasteiger partial charge is 0.193 e. The number of aromatic nitrogens is 2. The lowest BCUT2D eigenvalue weighted by molar-refractivity contribution is 0.476. The lowest BCUT2D eigenvalue weighted by Gasteiger charge is -2.21. The normalized spacial score (nSPS) is 11.5. The second kappa shape index (κ2) is 7.26. The average molecular weight is 350 g/mol. The molecule has 0 bridgehead atoms. The van der Waals surface area contributed by atoms with Gasteiger partial charge in [-0.1, -0.05) is 28.1 Å². The van der Waals surface area contributed by atoms with Crippen LogP contribution in [0.3, 0.4) is 0 Å². The van der Waals surface area contributed by atoms with Gasteiger partial charge in [-0.25, -0.2) is 0 Å². The van der Waals surface area contributed by atoms with E-state index in [4.69, 9.17) is 0 Å². The fraction of sp³-hybridized carbons (Fsp3) is 0.333. The molecule has 6 heteroatoms. The first-order valence-electron chi connectivity index (χ1n) is 6.72. The Hall–Kier alpha value is -1.82. The summed E-state index contributed by atoms with van der Waals surface area (Å²) < 4.78 is 2.89. The molecule has 1 aromatic carbocycles. The first-order valence-corrected chi connectivity index (χ1v) is 7.51. The Balaban J connectivity index is 1.91. The van der Waals surface area contributed by atoms with Crippen LogP contribution in [0.2, 0.25) is 0 Å². The molecule has 0 aliphatic heterocycles. The first kappa shape index (κ1) is 15.6. The Bertz CT molecular complexity index is 603. The van der Waals surface area contributed by atoms with Crippen molar-refractivity contribution < 1.29 is 0 Å². The van der Waals surface area contributed by atoms with Gasteiger partial charge in [-0.05, 0) is 17.7 Å². The summed E-state index contributed by atoms with van der Waals surface area (Å²) in [6.45, 7) is 1.52. The highest BCUT2D eigenvalue weighted by molar-refractivity contribution is 9.10. The molecule has 1 N–H and O–H groups in total. The Morgan fingerprint density at radius 3 is 2.62 bits per heavy atom. The number of aryl methyl sites for hydroxylation is 1. The molecule has 0 saturated heterocycles. The summed E-state index contributed by atoms with van der Waals surface area (Å²) in [5.41, 5.74) is 2.38. The summed E-state index contributed by atoms with van der Waals surface area (Å²) in [6, 6.07) is 8.26. The molecule has 0 spiro atoms. The van der Waals surface area contributed by atoms with Gasteiger partial charge in [-0.2, -0.15) is 5.10 Å². The SMILES string of the molecule is CN=C(NCc1ccc(Br)cc1)N(C)Cc1cnn(C)c1. The van der Waals surface area contributed by atoms with E-state index in [0.717, 1.165) is 29.1 Å². The van der Waals surface area contributed by atoms with Crippen molar-refractivity contribution in [1.29, 1.82) is 0 Å². The number of benzene rings is 1. The predicted octanol–water partition coefficient (Wildman–Crippen LogP) is 2.39. The molecular formula is C15H20BrN5. The molecule has 0 amide bonds. The minimum absolute atomic E-state index is 0.747. The van der Waals surface area contributed by atoms with Crippen molar-refractivity contribution in [1.82, 2.24) is 20.0 Å². The largest absolute Gasteiger partial charge is 0.352 e. The molecule has 0 fully saturated rings. The van der Waals surface area contributed by atoms with Crippen molar-refractivity contribution in [3.63, 3.8) is 0 Å². The van der Waals surface area contributed by atoms with Crippen LogP contribution in [0, 0.1) is 0 Å². The minimum Gasteiger partial charge on any atom is -0.352 e. The van der Waals surface area contributed by atoms with E-state index in [0.29, 0.717) is 0 Å². The van der Waals surface area contributed by atoms with Gasteiger partial charge >= 0.3 is 0 Å². The monoisotopic (exact) mass is 349 g/mol. The van der Waals surface area contributed by atoms with E-state index in [-0.39, 0.29) is 0 Å². The number of nitrogens with zero attached hydrogens (tertiary/aromatic N) is 4. The Labute approximate surface area is 133 Å². The number of guanidine groups is 1. The van der Waals surface area contributed by atoms with Gasteiger partial charge in [0.2, 0.25) is 0 Å². The summed E-state index contributed by atoms with van der Waals surface area (Å²) in [5.74, 6) is 0.863. The van der Waals surface area contributed by atoms with Gasteiger partial charge in [-0.3, -0.25) is 9.67 Å². The number of hydrogen-bond acceptors (Lipinski definition) is 2. The van der Waals surface area contributed by atoms with Crippen LogP contribution in [-0.2, 0) is 20.1 Å². The van der Waals surface area contributed by atoms with E-state index in [9.17, 15) is 0 Å². The highest BCUT2D eigenvalue weighted by atomic mass is 79.9.